The van der Waals surface area contributed by atoms with E-state index >= 15 is 0 Å². The Bertz CT molecular complexity index is 223. The first kappa shape index (κ1) is 13.4. The van der Waals surface area contributed by atoms with Crippen molar-refractivity contribution in [2.75, 3.05) is 33.9 Å². The van der Waals surface area contributed by atoms with E-state index in [-0.39, 0.29) is 18.1 Å². The molecule has 0 aliphatic carbocycles. The SMILES string of the molecule is COCCCN(C)C(=O)[C@@H]1CC[C@H](CN)O1. The van der Waals surface area contributed by atoms with Crippen LogP contribution in [-0.2, 0) is 14.3 Å². The predicted octanol–water partition coefficient (Wildman–Crippen LogP) is -0.0124. The van der Waals surface area contributed by atoms with Gasteiger partial charge in [0.05, 0.1) is 6.10 Å². The minimum atomic E-state index is -0.291. The summed E-state index contributed by atoms with van der Waals surface area (Å²) >= 11 is 0. The van der Waals surface area contributed by atoms with Gasteiger partial charge in [-0.1, -0.05) is 0 Å². The summed E-state index contributed by atoms with van der Waals surface area (Å²) in [6, 6.07) is 0. The van der Waals surface area contributed by atoms with Crippen molar-refractivity contribution in [3.8, 4) is 0 Å². The van der Waals surface area contributed by atoms with Crippen LogP contribution in [0.2, 0.25) is 0 Å². The van der Waals surface area contributed by atoms with Gasteiger partial charge in [0.15, 0.2) is 0 Å². The second kappa shape index (κ2) is 6.83. The number of hydrogen-bond donors (Lipinski definition) is 1. The van der Waals surface area contributed by atoms with Crippen LogP contribution in [0.25, 0.3) is 0 Å². The fourth-order valence-electron chi connectivity index (χ4n) is 1.86. The van der Waals surface area contributed by atoms with Gasteiger partial charge in [0, 0.05) is 33.9 Å². The number of methoxy groups -OCH3 is 1. The number of nitrogens with two attached hydrogens (primary N) is 1. The molecule has 1 rings (SSSR count). The van der Waals surface area contributed by atoms with Gasteiger partial charge in [0.25, 0.3) is 5.91 Å². The molecule has 1 heterocycles. The van der Waals surface area contributed by atoms with Crippen LogP contribution in [0.1, 0.15) is 19.3 Å². The molecule has 0 spiro atoms. The number of ether oxygens (including phenoxy) is 2. The Morgan fingerprint density at radius 2 is 2.31 bits per heavy atom. The van der Waals surface area contributed by atoms with E-state index in [1.165, 1.54) is 0 Å². The Balaban J connectivity index is 2.28. The lowest BCUT2D eigenvalue weighted by molar-refractivity contribution is -0.141. The van der Waals surface area contributed by atoms with Crippen LogP contribution in [-0.4, -0.2) is 56.9 Å². The first-order valence-electron chi connectivity index (χ1n) is 5.78. The average Bonchev–Trinajstić information content (AvgIpc) is 2.76. The quantitative estimate of drug-likeness (QED) is 0.652. The maximum atomic E-state index is 11.9. The topological polar surface area (TPSA) is 64.8 Å². The number of likely N-dealkylation sites (N-methyl/N-ethyl adjacent to an activating group) is 1. The molecular formula is C11H22N2O3. The van der Waals surface area contributed by atoms with E-state index in [1.54, 1.807) is 19.1 Å². The summed E-state index contributed by atoms with van der Waals surface area (Å²) in [5.74, 6) is 0.0621. The first-order valence-corrected chi connectivity index (χ1v) is 5.78. The van der Waals surface area contributed by atoms with Gasteiger partial charge in [0.1, 0.15) is 6.10 Å². The molecule has 1 fully saturated rings. The van der Waals surface area contributed by atoms with Crippen LogP contribution in [0.15, 0.2) is 0 Å². The molecule has 5 heteroatoms. The molecule has 1 amide bonds. The Hall–Kier alpha value is -0.650. The molecule has 1 aliphatic heterocycles. The summed E-state index contributed by atoms with van der Waals surface area (Å²) in [5.41, 5.74) is 5.50. The van der Waals surface area contributed by atoms with Crippen LogP contribution in [0, 0.1) is 0 Å². The maximum Gasteiger partial charge on any atom is 0.251 e. The molecule has 1 saturated heterocycles. The highest BCUT2D eigenvalue weighted by Gasteiger charge is 2.31. The fourth-order valence-corrected chi connectivity index (χ4v) is 1.86. The Morgan fingerprint density at radius 3 is 2.88 bits per heavy atom. The number of hydrogen-bond acceptors (Lipinski definition) is 4. The third-order valence-electron chi connectivity index (χ3n) is 2.86. The third-order valence-corrected chi connectivity index (χ3v) is 2.86. The van der Waals surface area contributed by atoms with Crippen molar-refractivity contribution >= 4 is 5.91 Å². The molecule has 0 aromatic carbocycles. The van der Waals surface area contributed by atoms with Crippen LogP contribution in [0.3, 0.4) is 0 Å². The highest BCUT2D eigenvalue weighted by Crippen LogP contribution is 2.20. The number of amides is 1. The van der Waals surface area contributed by atoms with Crippen molar-refractivity contribution in [2.45, 2.75) is 31.5 Å². The van der Waals surface area contributed by atoms with Gasteiger partial charge < -0.3 is 20.1 Å². The summed E-state index contributed by atoms with van der Waals surface area (Å²) in [7, 11) is 3.46. The molecule has 0 saturated carbocycles. The highest BCUT2D eigenvalue weighted by atomic mass is 16.5. The van der Waals surface area contributed by atoms with Crippen molar-refractivity contribution in [1.82, 2.24) is 4.90 Å². The second-order valence-corrected chi connectivity index (χ2v) is 4.17. The van der Waals surface area contributed by atoms with Gasteiger partial charge in [-0.05, 0) is 19.3 Å². The van der Waals surface area contributed by atoms with Gasteiger partial charge in [-0.3, -0.25) is 4.79 Å². The van der Waals surface area contributed by atoms with Crippen LogP contribution in [0.5, 0.6) is 0 Å². The standard InChI is InChI=1S/C11H22N2O3/c1-13(6-3-7-15-2)11(14)10-5-4-9(8-12)16-10/h9-10H,3-8,12H2,1-2H3/t9-,10+/m1/s1. The fraction of sp³-hybridized carbons (Fsp3) is 0.909. The van der Waals surface area contributed by atoms with E-state index in [0.717, 1.165) is 19.3 Å². The van der Waals surface area contributed by atoms with E-state index in [9.17, 15) is 4.79 Å². The normalized spacial score (nSPS) is 24.7. The molecule has 0 aromatic heterocycles. The monoisotopic (exact) mass is 230 g/mol. The molecular weight excluding hydrogens is 208 g/mol. The molecule has 0 unspecified atom stereocenters. The molecule has 16 heavy (non-hydrogen) atoms. The zero-order valence-corrected chi connectivity index (χ0v) is 10.1. The van der Waals surface area contributed by atoms with Crippen molar-refractivity contribution in [1.29, 1.82) is 0 Å². The minimum Gasteiger partial charge on any atom is -0.385 e. The zero-order valence-electron chi connectivity index (χ0n) is 10.1. The Kier molecular flexibility index (Phi) is 5.73. The third kappa shape index (κ3) is 3.73. The average molecular weight is 230 g/mol. The molecule has 5 nitrogen and oxygen atoms in total. The van der Waals surface area contributed by atoms with E-state index in [1.807, 2.05) is 0 Å². The smallest absolute Gasteiger partial charge is 0.251 e. The lowest BCUT2D eigenvalue weighted by Crippen LogP contribution is -2.37. The summed E-state index contributed by atoms with van der Waals surface area (Å²) in [6.45, 7) is 1.88. The Labute approximate surface area is 96.9 Å². The first-order chi connectivity index (χ1) is 7.69. The molecule has 0 aromatic rings. The lowest BCUT2D eigenvalue weighted by Gasteiger charge is -2.21. The largest absolute Gasteiger partial charge is 0.385 e. The summed E-state index contributed by atoms with van der Waals surface area (Å²) in [6.07, 6.45) is 2.29. The molecule has 1 aliphatic rings. The number of nitrogens with zero attached hydrogens (tertiary/aromatic N) is 1. The van der Waals surface area contributed by atoms with Crippen molar-refractivity contribution in [2.24, 2.45) is 5.73 Å². The second-order valence-electron chi connectivity index (χ2n) is 4.17. The van der Waals surface area contributed by atoms with E-state index in [0.29, 0.717) is 19.7 Å². The summed E-state index contributed by atoms with van der Waals surface area (Å²) < 4.78 is 10.5. The van der Waals surface area contributed by atoms with Gasteiger partial charge in [0.2, 0.25) is 0 Å². The maximum absolute atomic E-state index is 11.9. The summed E-state index contributed by atoms with van der Waals surface area (Å²) in [5, 5.41) is 0. The van der Waals surface area contributed by atoms with Gasteiger partial charge in [-0.25, -0.2) is 0 Å². The van der Waals surface area contributed by atoms with Crippen LogP contribution < -0.4 is 5.73 Å². The zero-order chi connectivity index (χ0) is 12.0. The van der Waals surface area contributed by atoms with Gasteiger partial charge in [-0.15, -0.1) is 0 Å². The highest BCUT2D eigenvalue weighted by molar-refractivity contribution is 5.80. The number of carbonyl (C=O) groups excluding carboxylic acids is 1. The molecule has 94 valence electrons. The summed E-state index contributed by atoms with van der Waals surface area (Å²) in [4.78, 5) is 13.6. The minimum absolute atomic E-state index is 0.0568. The van der Waals surface area contributed by atoms with E-state index < -0.39 is 0 Å². The van der Waals surface area contributed by atoms with Gasteiger partial charge >= 0.3 is 0 Å². The molecule has 0 bridgehead atoms. The number of carbonyl (C=O) groups is 1. The molecule has 2 atom stereocenters. The van der Waals surface area contributed by atoms with E-state index in [2.05, 4.69) is 0 Å². The van der Waals surface area contributed by atoms with E-state index in [4.69, 9.17) is 15.2 Å². The van der Waals surface area contributed by atoms with Gasteiger partial charge in [-0.2, -0.15) is 0 Å². The van der Waals surface area contributed by atoms with Crippen LogP contribution >= 0.6 is 0 Å². The number of rotatable bonds is 6. The molecule has 0 radical (unpaired) electrons. The van der Waals surface area contributed by atoms with Crippen molar-refractivity contribution in [3.05, 3.63) is 0 Å². The van der Waals surface area contributed by atoms with Crippen molar-refractivity contribution < 1.29 is 14.3 Å². The van der Waals surface area contributed by atoms with Crippen LogP contribution in [0.4, 0.5) is 0 Å². The molecule has 2 N–H and O–H groups in total. The predicted molar refractivity (Wildman–Crippen MR) is 61.1 cm³/mol. The Morgan fingerprint density at radius 1 is 1.56 bits per heavy atom. The van der Waals surface area contributed by atoms with Crippen molar-refractivity contribution in [3.63, 3.8) is 0 Å². The lowest BCUT2D eigenvalue weighted by atomic mass is 10.2.